The van der Waals surface area contributed by atoms with Crippen molar-refractivity contribution in [2.24, 2.45) is 33.7 Å². The van der Waals surface area contributed by atoms with E-state index in [2.05, 4.69) is 46.9 Å². The normalized spacial score (nSPS) is 16.1. The molecule has 0 aliphatic carbocycles. The van der Waals surface area contributed by atoms with Crippen molar-refractivity contribution in [2.75, 3.05) is 39.3 Å². The Hall–Kier alpha value is -6.18. The molecule has 1 aromatic heterocycles. The molecule has 1 aliphatic rings. The maximum absolute atomic E-state index is 14.0. The van der Waals surface area contributed by atoms with Crippen molar-refractivity contribution in [3.05, 3.63) is 30.0 Å². The summed E-state index contributed by atoms with van der Waals surface area (Å²) in [6.45, 7) is 1.35. The third-order valence-electron chi connectivity index (χ3n) is 9.51. The van der Waals surface area contributed by atoms with E-state index in [1.807, 2.05) is 0 Å². The van der Waals surface area contributed by atoms with Crippen LogP contribution in [0.25, 0.3) is 0 Å². The number of nitrogens with zero attached hydrogens (tertiary/aromatic N) is 3. The van der Waals surface area contributed by atoms with Gasteiger partial charge in [-0.05, 0) is 71.4 Å². The summed E-state index contributed by atoms with van der Waals surface area (Å²) in [5, 5.41) is 34.3. The van der Waals surface area contributed by atoms with E-state index in [0.29, 0.717) is 37.9 Å². The smallest absolute Gasteiger partial charge is 0.352 e. The van der Waals surface area contributed by atoms with Crippen LogP contribution in [-0.2, 0) is 44.8 Å². The summed E-state index contributed by atoms with van der Waals surface area (Å²) >= 11 is 0. The monoisotopic (exact) mass is 877 g/mol. The van der Waals surface area contributed by atoms with Gasteiger partial charge >= 0.3 is 5.97 Å². The lowest BCUT2D eigenvalue weighted by atomic mass is 10.1. The van der Waals surface area contributed by atoms with Gasteiger partial charge in [0.25, 0.3) is 0 Å². The predicted molar refractivity (Wildman–Crippen MR) is 223 cm³/mol. The third-order valence-corrected chi connectivity index (χ3v) is 9.51. The van der Waals surface area contributed by atoms with E-state index in [1.165, 1.54) is 30.4 Å². The molecule has 2 heterocycles. The molecule has 0 radical (unpaired) electrons. The zero-order valence-corrected chi connectivity index (χ0v) is 34.9. The lowest BCUT2D eigenvalue weighted by Crippen LogP contribution is -2.58. The molecule has 1 aromatic rings. The van der Waals surface area contributed by atoms with Gasteiger partial charge in [0.2, 0.25) is 41.4 Å². The summed E-state index contributed by atoms with van der Waals surface area (Å²) in [6, 6.07) is -5.83. The number of aliphatic carboxylic acids is 1. The second kappa shape index (κ2) is 27.6. The number of aromatic amines is 1. The lowest BCUT2D eigenvalue weighted by molar-refractivity contribution is -0.142. The van der Waals surface area contributed by atoms with Gasteiger partial charge in [0, 0.05) is 37.9 Å². The van der Waals surface area contributed by atoms with Gasteiger partial charge in [0.05, 0.1) is 25.4 Å². The number of nitrogens with one attached hydrogen (secondary N) is 7. The number of rotatable bonds is 28. The predicted octanol–water partition coefficient (Wildman–Crippen LogP) is -5.66. The minimum Gasteiger partial charge on any atom is -0.477 e. The van der Waals surface area contributed by atoms with Gasteiger partial charge in [-0.1, -0.05) is 6.08 Å². The number of hydrogen-bond donors (Lipinski definition) is 14. The van der Waals surface area contributed by atoms with Crippen LogP contribution in [0.4, 0.5) is 0 Å². The molecule has 2 rings (SSSR count). The Balaban J connectivity index is 2.22. The molecule has 0 bridgehead atoms. The highest BCUT2D eigenvalue weighted by atomic mass is 16.4. The average Bonchev–Trinajstić information content (AvgIpc) is 3.94. The second-order valence-electron chi connectivity index (χ2n) is 14.5. The first-order chi connectivity index (χ1) is 29.5. The zero-order valence-electron chi connectivity index (χ0n) is 34.9. The summed E-state index contributed by atoms with van der Waals surface area (Å²) in [4.78, 5) is 117. The van der Waals surface area contributed by atoms with Crippen LogP contribution in [0.5, 0.6) is 0 Å². The number of aliphatic hydroxyl groups excluding tert-OH is 1. The number of hydrogen-bond acceptors (Lipinski definition) is 14. The first-order valence-electron chi connectivity index (χ1n) is 20.3. The van der Waals surface area contributed by atoms with Crippen LogP contribution < -0.4 is 60.6 Å². The van der Waals surface area contributed by atoms with Crippen molar-refractivity contribution in [3.8, 4) is 0 Å². The molecule has 1 unspecified atom stereocenters. The maximum atomic E-state index is 14.0. The van der Waals surface area contributed by atoms with Crippen LogP contribution in [-0.4, -0.2) is 154 Å². The van der Waals surface area contributed by atoms with E-state index in [9.17, 15) is 48.6 Å². The molecule has 0 spiro atoms. The molecule has 1 aliphatic heterocycles. The Bertz CT molecular complexity index is 1720. The van der Waals surface area contributed by atoms with E-state index in [-0.39, 0.29) is 70.7 Å². The molecule has 0 saturated carbocycles. The van der Waals surface area contributed by atoms with Crippen molar-refractivity contribution in [3.63, 3.8) is 0 Å². The molecule has 25 heteroatoms. The molecule has 0 aromatic carbocycles. The summed E-state index contributed by atoms with van der Waals surface area (Å²) < 4.78 is 0. The van der Waals surface area contributed by atoms with Gasteiger partial charge in [-0.3, -0.25) is 38.6 Å². The Kier molecular flexibility index (Phi) is 23.1. The first kappa shape index (κ1) is 52.0. The number of aliphatic imine (C=N–C) groups is 1. The van der Waals surface area contributed by atoms with Gasteiger partial charge in [0.15, 0.2) is 5.96 Å². The van der Waals surface area contributed by atoms with Gasteiger partial charge < -0.3 is 80.7 Å². The molecule has 1 saturated heterocycles. The van der Waals surface area contributed by atoms with E-state index in [1.54, 1.807) is 0 Å². The number of carboxylic acid groups (broad SMARTS) is 1. The summed E-state index contributed by atoms with van der Waals surface area (Å²) in [6.07, 6.45) is 4.58. The SMILES string of the molecule is CC(NC(=O)C[C@@H](O)CN)C(=O)NCC(=O)N[C@H](CCCN)C(=O)N1CCC[C@H]1C(=O)N[C@@H](Cc1cnc[nH]1)C(=O)N[C@@H](CCCCN)C(=O)N/C(=C\CCN=C(N)N)C(=O)O. The second-order valence-corrected chi connectivity index (χ2v) is 14.5. The third kappa shape index (κ3) is 18.6. The molecule has 1 fully saturated rings. The Morgan fingerprint density at radius 2 is 1.63 bits per heavy atom. The molecule has 62 heavy (non-hydrogen) atoms. The number of H-pyrrole nitrogens is 1. The quantitative estimate of drug-likeness (QED) is 0.0161. The number of carbonyl (C=O) groups excluding carboxylic acids is 7. The first-order valence-corrected chi connectivity index (χ1v) is 20.3. The minimum atomic E-state index is -1.44. The summed E-state index contributed by atoms with van der Waals surface area (Å²) in [5.41, 5.74) is 27.3. The molecule has 19 N–H and O–H groups in total. The number of aliphatic hydroxyl groups is 1. The van der Waals surface area contributed by atoms with Crippen LogP contribution in [0.2, 0.25) is 0 Å². The van der Waals surface area contributed by atoms with E-state index in [0.717, 1.165) is 0 Å². The highest BCUT2D eigenvalue weighted by Gasteiger charge is 2.39. The number of aromatic nitrogens is 2. The average molecular weight is 878 g/mol. The fourth-order valence-corrected chi connectivity index (χ4v) is 6.25. The highest BCUT2D eigenvalue weighted by Crippen LogP contribution is 2.20. The molecule has 25 nitrogen and oxygen atoms in total. The minimum absolute atomic E-state index is 0.0560. The standard InChI is InChI=1S/C37H63N15O10/c1-21(47-29(54)16-23(53)17-40)31(56)45-19-30(55)48-25(8-4-12-39)35(60)52-14-6-10-28(52)34(59)51-27(15-22-18-43-20-46-22)33(58)49-24(7-2-3-11-38)32(57)50-26(36(61)62)9-5-13-44-37(41)42/h9,18,20-21,23-25,27-28,53H,2-8,10-17,19,38-40H2,1H3,(H,43,46)(H,45,56)(H,47,54)(H,48,55)(H,49,58)(H,50,57)(H,51,59)(H,61,62)(H4,41,42,44)/b26-9-/t21?,23-,24+,25-,27+,28+/m1/s1. The zero-order chi connectivity index (χ0) is 46.2. The highest BCUT2D eigenvalue weighted by molar-refractivity contribution is 5.98. The molecular weight excluding hydrogens is 815 g/mol. The lowest BCUT2D eigenvalue weighted by Gasteiger charge is -2.30. The Labute approximate surface area is 358 Å². The molecule has 6 atom stereocenters. The number of amides is 7. The molecule has 7 amide bonds. The maximum Gasteiger partial charge on any atom is 0.352 e. The van der Waals surface area contributed by atoms with E-state index >= 15 is 0 Å². The van der Waals surface area contributed by atoms with Gasteiger partial charge in [-0.15, -0.1) is 0 Å². The van der Waals surface area contributed by atoms with Gasteiger partial charge in [-0.2, -0.15) is 0 Å². The Morgan fingerprint density at radius 3 is 2.26 bits per heavy atom. The van der Waals surface area contributed by atoms with Crippen molar-refractivity contribution < 1.29 is 48.6 Å². The number of imidazole rings is 1. The van der Waals surface area contributed by atoms with Crippen LogP contribution in [0.1, 0.15) is 70.4 Å². The van der Waals surface area contributed by atoms with Crippen molar-refractivity contribution >= 4 is 53.3 Å². The number of nitrogens with two attached hydrogens (primary N) is 5. The number of unbranched alkanes of at least 4 members (excludes halogenated alkanes) is 1. The van der Waals surface area contributed by atoms with Crippen molar-refractivity contribution in [2.45, 2.75) is 107 Å². The van der Waals surface area contributed by atoms with Crippen LogP contribution in [0, 0.1) is 0 Å². The van der Waals surface area contributed by atoms with Gasteiger partial charge in [-0.25, -0.2) is 9.78 Å². The fraction of sp³-hybridized carbons (Fsp3) is 0.622. The van der Waals surface area contributed by atoms with Crippen LogP contribution >= 0.6 is 0 Å². The van der Waals surface area contributed by atoms with Gasteiger partial charge in [0.1, 0.15) is 35.9 Å². The molecular formula is C37H63N15O10. The van der Waals surface area contributed by atoms with Crippen molar-refractivity contribution in [1.82, 2.24) is 46.8 Å². The topological polar surface area (TPSA) is 424 Å². The van der Waals surface area contributed by atoms with E-state index < -0.39 is 95.9 Å². The van der Waals surface area contributed by atoms with E-state index in [4.69, 9.17) is 28.7 Å². The van der Waals surface area contributed by atoms with Crippen LogP contribution in [0.3, 0.4) is 0 Å². The Morgan fingerprint density at radius 1 is 0.919 bits per heavy atom. The van der Waals surface area contributed by atoms with Crippen LogP contribution in [0.15, 0.2) is 29.3 Å². The summed E-state index contributed by atoms with van der Waals surface area (Å²) in [5.74, 6) is -6.61. The number of carboxylic acids is 1. The fourth-order valence-electron chi connectivity index (χ4n) is 6.25. The number of carbonyl (C=O) groups is 8. The summed E-state index contributed by atoms with van der Waals surface area (Å²) in [7, 11) is 0. The molecule has 346 valence electrons. The number of likely N-dealkylation sites (tertiary alicyclic amines) is 1. The van der Waals surface area contributed by atoms with Crippen molar-refractivity contribution in [1.29, 1.82) is 0 Å². The largest absolute Gasteiger partial charge is 0.477 e. The number of guanidine groups is 1.